The minimum absolute atomic E-state index is 0.266. The summed E-state index contributed by atoms with van der Waals surface area (Å²) in [6.45, 7) is 4.54. The summed E-state index contributed by atoms with van der Waals surface area (Å²) in [5.74, 6) is -0.209. The number of rotatable bonds is 4. The Balaban J connectivity index is 2.26. The molecule has 3 heteroatoms. The summed E-state index contributed by atoms with van der Waals surface area (Å²) in [5.41, 5.74) is -0.258. The van der Waals surface area contributed by atoms with Crippen LogP contribution in [0, 0.1) is 11.8 Å². The monoisotopic (exact) mass is 262 g/mol. The predicted molar refractivity (Wildman–Crippen MR) is 73.5 cm³/mol. The SMILES string of the molecule is CC(C)CC[C@H]1C(=O)OCC[C@]1(O)c1ccccc1. The van der Waals surface area contributed by atoms with Gasteiger partial charge < -0.3 is 9.84 Å². The number of hydrogen-bond donors (Lipinski definition) is 1. The molecule has 0 bridgehead atoms. The quantitative estimate of drug-likeness (QED) is 0.849. The molecule has 1 aliphatic rings. The first-order valence-corrected chi connectivity index (χ1v) is 6.98. The van der Waals surface area contributed by atoms with Crippen LogP contribution in [0.3, 0.4) is 0 Å². The van der Waals surface area contributed by atoms with Gasteiger partial charge in [0.05, 0.1) is 12.5 Å². The molecule has 1 aromatic carbocycles. The van der Waals surface area contributed by atoms with E-state index in [-0.39, 0.29) is 5.97 Å². The van der Waals surface area contributed by atoms with Crippen molar-refractivity contribution in [3.8, 4) is 0 Å². The molecule has 1 N–H and O–H groups in total. The molecule has 19 heavy (non-hydrogen) atoms. The van der Waals surface area contributed by atoms with E-state index in [1.54, 1.807) is 0 Å². The fourth-order valence-corrected chi connectivity index (χ4v) is 2.71. The van der Waals surface area contributed by atoms with Crippen LogP contribution in [0.4, 0.5) is 0 Å². The van der Waals surface area contributed by atoms with Gasteiger partial charge in [-0.3, -0.25) is 4.79 Å². The number of cyclic esters (lactones) is 1. The summed E-state index contributed by atoms with van der Waals surface area (Å²) in [4.78, 5) is 12.0. The van der Waals surface area contributed by atoms with Gasteiger partial charge in [0.1, 0.15) is 5.60 Å². The molecule has 1 aromatic rings. The third-order valence-electron chi connectivity index (χ3n) is 3.89. The molecule has 1 aliphatic heterocycles. The summed E-state index contributed by atoms with van der Waals surface area (Å²) >= 11 is 0. The van der Waals surface area contributed by atoms with Crippen LogP contribution in [-0.2, 0) is 15.1 Å². The first-order chi connectivity index (χ1) is 9.04. The minimum Gasteiger partial charge on any atom is -0.465 e. The van der Waals surface area contributed by atoms with Gasteiger partial charge in [-0.15, -0.1) is 0 Å². The van der Waals surface area contributed by atoms with E-state index in [1.165, 1.54) is 0 Å². The van der Waals surface area contributed by atoms with Gasteiger partial charge in [-0.1, -0.05) is 50.6 Å². The van der Waals surface area contributed by atoms with Gasteiger partial charge in [-0.2, -0.15) is 0 Å². The van der Waals surface area contributed by atoms with Crippen LogP contribution in [0.1, 0.15) is 38.7 Å². The van der Waals surface area contributed by atoms with E-state index < -0.39 is 11.5 Å². The van der Waals surface area contributed by atoms with Gasteiger partial charge in [-0.25, -0.2) is 0 Å². The number of aliphatic hydroxyl groups is 1. The van der Waals surface area contributed by atoms with E-state index in [0.717, 1.165) is 12.0 Å². The first-order valence-electron chi connectivity index (χ1n) is 6.98. The first kappa shape index (κ1) is 14.1. The molecule has 1 heterocycles. The number of ether oxygens (including phenoxy) is 1. The third-order valence-corrected chi connectivity index (χ3v) is 3.89. The molecule has 0 aliphatic carbocycles. The summed E-state index contributed by atoms with van der Waals surface area (Å²) in [7, 11) is 0. The molecule has 0 amide bonds. The molecule has 2 atom stereocenters. The Labute approximate surface area is 114 Å². The Morgan fingerprint density at radius 2 is 2.05 bits per heavy atom. The van der Waals surface area contributed by atoms with E-state index in [2.05, 4.69) is 13.8 Å². The van der Waals surface area contributed by atoms with Gasteiger partial charge in [0, 0.05) is 6.42 Å². The highest BCUT2D eigenvalue weighted by molar-refractivity contribution is 5.75. The maximum atomic E-state index is 12.0. The highest BCUT2D eigenvalue weighted by atomic mass is 16.5. The lowest BCUT2D eigenvalue weighted by atomic mass is 9.75. The molecule has 0 radical (unpaired) electrons. The topological polar surface area (TPSA) is 46.5 Å². The van der Waals surface area contributed by atoms with Gasteiger partial charge >= 0.3 is 5.97 Å². The Morgan fingerprint density at radius 1 is 1.37 bits per heavy atom. The normalized spacial score (nSPS) is 27.4. The van der Waals surface area contributed by atoms with Crippen LogP contribution in [0.15, 0.2) is 30.3 Å². The predicted octanol–water partition coefficient (Wildman–Crippen LogP) is 2.87. The lowest BCUT2D eigenvalue weighted by Gasteiger charge is -2.39. The second kappa shape index (κ2) is 5.74. The summed E-state index contributed by atoms with van der Waals surface area (Å²) < 4.78 is 5.14. The van der Waals surface area contributed by atoms with Crippen molar-refractivity contribution in [1.29, 1.82) is 0 Å². The minimum atomic E-state index is -1.08. The summed E-state index contributed by atoms with van der Waals surface area (Å²) in [6, 6.07) is 9.48. The standard InChI is InChI=1S/C16H22O3/c1-12(2)8-9-14-15(17)19-11-10-16(14,18)13-6-4-3-5-7-13/h3-7,12,14,18H,8-11H2,1-2H3/t14-,16-/m0/s1. The van der Waals surface area contributed by atoms with Crippen molar-refractivity contribution < 1.29 is 14.6 Å². The molecule has 0 unspecified atom stereocenters. The van der Waals surface area contributed by atoms with Crippen LogP contribution in [-0.4, -0.2) is 17.7 Å². The number of benzene rings is 1. The van der Waals surface area contributed by atoms with Gasteiger partial charge in [0.15, 0.2) is 0 Å². The number of hydrogen-bond acceptors (Lipinski definition) is 3. The Kier molecular flexibility index (Phi) is 4.25. The highest BCUT2D eigenvalue weighted by Crippen LogP contribution is 2.40. The number of carbonyl (C=O) groups is 1. The van der Waals surface area contributed by atoms with E-state index in [1.807, 2.05) is 30.3 Å². The van der Waals surface area contributed by atoms with Crippen molar-refractivity contribution in [1.82, 2.24) is 0 Å². The number of carbonyl (C=O) groups excluding carboxylic acids is 1. The third kappa shape index (κ3) is 2.98. The molecule has 0 spiro atoms. The van der Waals surface area contributed by atoms with E-state index in [9.17, 15) is 9.90 Å². The molecule has 1 fully saturated rings. The zero-order chi connectivity index (χ0) is 13.9. The zero-order valence-corrected chi connectivity index (χ0v) is 11.6. The fourth-order valence-electron chi connectivity index (χ4n) is 2.71. The largest absolute Gasteiger partial charge is 0.465 e. The Morgan fingerprint density at radius 3 is 2.68 bits per heavy atom. The van der Waals surface area contributed by atoms with Crippen molar-refractivity contribution >= 4 is 5.97 Å². The molecule has 0 saturated carbocycles. The number of esters is 1. The summed E-state index contributed by atoms with van der Waals surface area (Å²) in [6.07, 6.45) is 2.06. The van der Waals surface area contributed by atoms with Crippen molar-refractivity contribution in [3.63, 3.8) is 0 Å². The Hall–Kier alpha value is -1.35. The molecule has 104 valence electrons. The van der Waals surface area contributed by atoms with Crippen molar-refractivity contribution in [2.45, 2.75) is 38.7 Å². The van der Waals surface area contributed by atoms with Gasteiger partial charge in [-0.05, 0) is 17.9 Å². The van der Waals surface area contributed by atoms with Crippen molar-refractivity contribution in [3.05, 3.63) is 35.9 Å². The molecule has 0 aromatic heterocycles. The van der Waals surface area contributed by atoms with Crippen LogP contribution >= 0.6 is 0 Å². The van der Waals surface area contributed by atoms with Gasteiger partial charge in [0.25, 0.3) is 0 Å². The van der Waals surface area contributed by atoms with Crippen molar-refractivity contribution in [2.24, 2.45) is 11.8 Å². The second-order valence-electron chi connectivity index (χ2n) is 5.73. The van der Waals surface area contributed by atoms with Gasteiger partial charge in [0.2, 0.25) is 0 Å². The smallest absolute Gasteiger partial charge is 0.312 e. The molecule has 1 saturated heterocycles. The lowest BCUT2D eigenvalue weighted by molar-refractivity contribution is -0.176. The van der Waals surface area contributed by atoms with Crippen LogP contribution in [0.2, 0.25) is 0 Å². The molecule has 2 rings (SSSR count). The van der Waals surface area contributed by atoms with Crippen LogP contribution in [0.5, 0.6) is 0 Å². The fraction of sp³-hybridized carbons (Fsp3) is 0.562. The van der Waals surface area contributed by atoms with Crippen molar-refractivity contribution in [2.75, 3.05) is 6.61 Å². The zero-order valence-electron chi connectivity index (χ0n) is 11.6. The average Bonchev–Trinajstić information content (AvgIpc) is 2.39. The molecule has 3 nitrogen and oxygen atoms in total. The lowest BCUT2D eigenvalue weighted by Crippen LogP contribution is -2.46. The van der Waals surface area contributed by atoms with Crippen LogP contribution < -0.4 is 0 Å². The highest BCUT2D eigenvalue weighted by Gasteiger charge is 2.46. The average molecular weight is 262 g/mol. The van der Waals surface area contributed by atoms with Crippen LogP contribution in [0.25, 0.3) is 0 Å². The maximum absolute atomic E-state index is 12.0. The maximum Gasteiger partial charge on any atom is 0.312 e. The Bertz CT molecular complexity index is 427. The van der Waals surface area contributed by atoms with E-state index in [0.29, 0.717) is 25.4 Å². The van der Waals surface area contributed by atoms with E-state index >= 15 is 0 Å². The van der Waals surface area contributed by atoms with E-state index in [4.69, 9.17) is 4.74 Å². The second-order valence-corrected chi connectivity index (χ2v) is 5.73. The molecular formula is C16H22O3. The summed E-state index contributed by atoms with van der Waals surface area (Å²) in [5, 5.41) is 11.0. The molecular weight excluding hydrogens is 240 g/mol.